The van der Waals surface area contributed by atoms with Crippen LogP contribution in [0.4, 0.5) is 0 Å². The molecular formula is C60H110O6. The number of hydrogen-bond acceptors (Lipinski definition) is 6. The highest BCUT2D eigenvalue weighted by Gasteiger charge is 2.19. The van der Waals surface area contributed by atoms with E-state index in [1.165, 1.54) is 199 Å². The molecule has 0 aliphatic carbocycles. The first-order valence-electron chi connectivity index (χ1n) is 29.0. The van der Waals surface area contributed by atoms with Gasteiger partial charge in [0.15, 0.2) is 6.10 Å². The predicted octanol–water partition coefficient (Wildman–Crippen LogP) is 19.3. The Kier molecular flexibility index (Phi) is 53.2. The van der Waals surface area contributed by atoms with Crippen molar-refractivity contribution in [1.82, 2.24) is 0 Å². The Hall–Kier alpha value is -2.37. The van der Waals surface area contributed by atoms with Gasteiger partial charge >= 0.3 is 17.9 Å². The van der Waals surface area contributed by atoms with Crippen LogP contribution >= 0.6 is 0 Å². The van der Waals surface area contributed by atoms with Gasteiger partial charge in [-0.25, -0.2) is 0 Å². The summed E-state index contributed by atoms with van der Waals surface area (Å²) in [6.07, 6.45) is 65.6. The van der Waals surface area contributed by atoms with Gasteiger partial charge in [-0.15, -0.1) is 0 Å². The van der Waals surface area contributed by atoms with Crippen molar-refractivity contribution in [3.63, 3.8) is 0 Å². The van der Waals surface area contributed by atoms with Gasteiger partial charge in [-0.3, -0.25) is 14.4 Å². The van der Waals surface area contributed by atoms with Gasteiger partial charge < -0.3 is 14.2 Å². The maximum atomic E-state index is 12.8. The molecule has 0 amide bonds. The lowest BCUT2D eigenvalue weighted by atomic mass is 10.1. The van der Waals surface area contributed by atoms with E-state index in [4.69, 9.17) is 14.2 Å². The minimum Gasteiger partial charge on any atom is -0.462 e. The zero-order chi connectivity index (χ0) is 47.9. The molecule has 6 heteroatoms. The fraction of sp³-hybridized carbons (Fsp3) is 0.850. The molecule has 0 aromatic carbocycles. The van der Waals surface area contributed by atoms with Gasteiger partial charge in [-0.05, 0) is 96.3 Å². The molecule has 0 aliphatic heterocycles. The fourth-order valence-corrected chi connectivity index (χ4v) is 8.43. The van der Waals surface area contributed by atoms with E-state index in [0.717, 1.165) is 70.6 Å². The predicted molar refractivity (Wildman–Crippen MR) is 284 cm³/mol. The van der Waals surface area contributed by atoms with Crippen molar-refractivity contribution < 1.29 is 28.6 Å². The van der Waals surface area contributed by atoms with E-state index >= 15 is 0 Å². The van der Waals surface area contributed by atoms with E-state index in [1.807, 2.05) is 0 Å². The van der Waals surface area contributed by atoms with Crippen molar-refractivity contribution in [2.75, 3.05) is 13.2 Å². The minimum atomic E-state index is -0.780. The smallest absolute Gasteiger partial charge is 0.306 e. The quantitative estimate of drug-likeness (QED) is 0.0262. The topological polar surface area (TPSA) is 78.9 Å². The van der Waals surface area contributed by atoms with Crippen LogP contribution in [-0.2, 0) is 28.6 Å². The summed E-state index contributed by atoms with van der Waals surface area (Å²) >= 11 is 0. The molecule has 0 aliphatic rings. The average Bonchev–Trinajstić information content (AvgIpc) is 3.31. The van der Waals surface area contributed by atoms with E-state index in [0.29, 0.717) is 19.3 Å². The van der Waals surface area contributed by atoms with Crippen LogP contribution in [0.3, 0.4) is 0 Å². The van der Waals surface area contributed by atoms with Crippen LogP contribution in [0.25, 0.3) is 0 Å². The molecule has 0 N–H and O–H groups in total. The molecule has 0 saturated heterocycles. The third-order valence-corrected chi connectivity index (χ3v) is 12.8. The molecular weight excluding hydrogens is 817 g/mol. The van der Waals surface area contributed by atoms with Crippen LogP contribution in [0.2, 0.25) is 0 Å². The number of rotatable bonds is 53. The normalized spacial score (nSPS) is 12.2. The number of esters is 3. The van der Waals surface area contributed by atoms with Gasteiger partial charge in [-0.1, -0.05) is 231 Å². The first-order chi connectivity index (χ1) is 32.5. The third kappa shape index (κ3) is 52.6. The maximum Gasteiger partial charge on any atom is 0.306 e. The summed E-state index contributed by atoms with van der Waals surface area (Å²) in [5.74, 6) is -0.885. The largest absolute Gasteiger partial charge is 0.462 e. The first-order valence-corrected chi connectivity index (χ1v) is 29.0. The highest BCUT2D eigenvalue weighted by molar-refractivity contribution is 5.71. The molecule has 0 unspecified atom stereocenters. The summed E-state index contributed by atoms with van der Waals surface area (Å²) in [5.41, 5.74) is 0. The van der Waals surface area contributed by atoms with Gasteiger partial charge in [0.25, 0.3) is 0 Å². The molecule has 0 fully saturated rings. The lowest BCUT2D eigenvalue weighted by Gasteiger charge is -2.18. The SMILES string of the molecule is CCCCCCC/C=C\CCCCCCCC(=O)OC[C@H](COC(=O)CCCCCCCCC/C=C\CCCCCCCCCC)OC(=O)CCCCCCC/C=C\CCCCCCCC. The summed E-state index contributed by atoms with van der Waals surface area (Å²) in [6.45, 7) is 6.64. The van der Waals surface area contributed by atoms with E-state index in [1.54, 1.807) is 0 Å². The Labute approximate surface area is 410 Å². The van der Waals surface area contributed by atoms with Gasteiger partial charge in [0.05, 0.1) is 0 Å². The molecule has 0 bridgehead atoms. The highest BCUT2D eigenvalue weighted by Crippen LogP contribution is 2.15. The van der Waals surface area contributed by atoms with Crippen LogP contribution in [-0.4, -0.2) is 37.2 Å². The van der Waals surface area contributed by atoms with Crippen LogP contribution < -0.4 is 0 Å². The van der Waals surface area contributed by atoms with E-state index in [2.05, 4.69) is 57.2 Å². The van der Waals surface area contributed by atoms with Crippen molar-refractivity contribution >= 4 is 17.9 Å². The Morgan fingerprint density at radius 2 is 0.500 bits per heavy atom. The number of hydrogen-bond donors (Lipinski definition) is 0. The molecule has 0 aromatic heterocycles. The number of ether oxygens (including phenoxy) is 3. The molecule has 1 atom stereocenters. The second kappa shape index (κ2) is 55.2. The van der Waals surface area contributed by atoms with Gasteiger partial charge in [0.1, 0.15) is 13.2 Å². The standard InChI is InChI=1S/C60H110O6/c1-4-7-10-13-16-19-22-25-28-29-30-31-33-35-38-41-44-47-50-53-59(62)65-56-57(55-64-58(61)52-49-46-43-40-37-34-27-24-21-18-15-12-9-6-3)66-60(63)54-51-48-45-42-39-36-32-26-23-20-17-14-11-8-5-2/h24,26-27,29-30,32,57H,4-23,25,28,31,33-56H2,1-3H3/b27-24-,30-29-,32-26-/t57-/m1/s1. The molecule has 386 valence electrons. The molecule has 0 radical (unpaired) electrons. The first kappa shape index (κ1) is 63.6. The van der Waals surface area contributed by atoms with Crippen molar-refractivity contribution in [2.24, 2.45) is 0 Å². The molecule has 0 spiro atoms. The minimum absolute atomic E-state index is 0.0783. The number of allylic oxidation sites excluding steroid dienone is 6. The van der Waals surface area contributed by atoms with Gasteiger partial charge in [0, 0.05) is 19.3 Å². The number of unbranched alkanes of at least 4 members (excludes halogenated alkanes) is 36. The lowest BCUT2D eigenvalue weighted by molar-refractivity contribution is -0.167. The van der Waals surface area contributed by atoms with Crippen LogP contribution in [0, 0.1) is 0 Å². The lowest BCUT2D eigenvalue weighted by Crippen LogP contribution is -2.30. The zero-order valence-electron chi connectivity index (χ0n) is 44.2. The Balaban J connectivity index is 4.35. The van der Waals surface area contributed by atoms with Gasteiger partial charge in [-0.2, -0.15) is 0 Å². The number of carbonyl (C=O) groups is 3. The molecule has 6 nitrogen and oxygen atoms in total. The Morgan fingerprint density at radius 3 is 0.758 bits per heavy atom. The molecule has 0 saturated carbocycles. The molecule has 66 heavy (non-hydrogen) atoms. The monoisotopic (exact) mass is 927 g/mol. The third-order valence-electron chi connectivity index (χ3n) is 12.8. The summed E-state index contributed by atoms with van der Waals surface area (Å²) in [7, 11) is 0. The second-order valence-corrected chi connectivity index (χ2v) is 19.5. The maximum absolute atomic E-state index is 12.8. The number of carbonyl (C=O) groups excluding carboxylic acids is 3. The van der Waals surface area contributed by atoms with E-state index < -0.39 is 6.10 Å². The summed E-state index contributed by atoms with van der Waals surface area (Å²) in [4.78, 5) is 38.1. The Bertz CT molecular complexity index is 1110. The summed E-state index contributed by atoms with van der Waals surface area (Å²) in [6, 6.07) is 0. The van der Waals surface area contributed by atoms with Crippen LogP contribution in [0.1, 0.15) is 310 Å². The van der Waals surface area contributed by atoms with Crippen LogP contribution in [0.5, 0.6) is 0 Å². The fourth-order valence-electron chi connectivity index (χ4n) is 8.43. The van der Waals surface area contributed by atoms with Gasteiger partial charge in [0.2, 0.25) is 0 Å². The Morgan fingerprint density at radius 1 is 0.288 bits per heavy atom. The average molecular weight is 928 g/mol. The van der Waals surface area contributed by atoms with Crippen molar-refractivity contribution in [2.45, 2.75) is 316 Å². The van der Waals surface area contributed by atoms with Crippen molar-refractivity contribution in [1.29, 1.82) is 0 Å². The summed E-state index contributed by atoms with van der Waals surface area (Å²) in [5, 5.41) is 0. The zero-order valence-corrected chi connectivity index (χ0v) is 44.2. The molecule has 0 heterocycles. The van der Waals surface area contributed by atoms with E-state index in [-0.39, 0.29) is 31.1 Å². The van der Waals surface area contributed by atoms with Crippen molar-refractivity contribution in [3.8, 4) is 0 Å². The molecule has 0 aromatic rings. The van der Waals surface area contributed by atoms with E-state index in [9.17, 15) is 14.4 Å². The summed E-state index contributed by atoms with van der Waals surface area (Å²) < 4.78 is 16.9. The van der Waals surface area contributed by atoms with Crippen molar-refractivity contribution in [3.05, 3.63) is 36.5 Å². The second-order valence-electron chi connectivity index (χ2n) is 19.5. The van der Waals surface area contributed by atoms with Crippen LogP contribution in [0.15, 0.2) is 36.5 Å². The highest BCUT2D eigenvalue weighted by atomic mass is 16.6. The molecule has 0 rings (SSSR count).